The number of carbonyl (C=O) groups excluding carboxylic acids is 1. The molecule has 80 valence electrons. The standard InChI is InChI=1S/C12H14BrNO/c13-9-10-5-1-2-6-11(10)12(15)14-7-3-4-8-14/h1-2,5-6H,3-4,7-9H2. The van der Waals surface area contributed by atoms with Crippen molar-refractivity contribution in [1.82, 2.24) is 4.90 Å². The third-order valence-corrected chi connectivity index (χ3v) is 3.39. The van der Waals surface area contributed by atoms with Crippen LogP contribution in [0.4, 0.5) is 0 Å². The summed E-state index contributed by atoms with van der Waals surface area (Å²) in [7, 11) is 0. The molecule has 1 heterocycles. The second kappa shape index (κ2) is 4.79. The highest BCUT2D eigenvalue weighted by Crippen LogP contribution is 2.17. The monoisotopic (exact) mass is 267 g/mol. The van der Waals surface area contributed by atoms with Gasteiger partial charge in [0.25, 0.3) is 5.91 Å². The molecule has 1 aliphatic heterocycles. The van der Waals surface area contributed by atoms with Gasteiger partial charge in [0.1, 0.15) is 0 Å². The number of halogens is 1. The third-order valence-electron chi connectivity index (χ3n) is 2.79. The van der Waals surface area contributed by atoms with Crippen molar-refractivity contribution < 1.29 is 4.79 Å². The molecule has 1 fully saturated rings. The summed E-state index contributed by atoms with van der Waals surface area (Å²) in [5, 5.41) is 0.739. The summed E-state index contributed by atoms with van der Waals surface area (Å²) >= 11 is 3.41. The summed E-state index contributed by atoms with van der Waals surface area (Å²) in [6.45, 7) is 1.82. The fourth-order valence-corrected chi connectivity index (χ4v) is 2.43. The first kappa shape index (κ1) is 10.7. The van der Waals surface area contributed by atoms with E-state index >= 15 is 0 Å². The predicted molar refractivity (Wildman–Crippen MR) is 64.2 cm³/mol. The minimum absolute atomic E-state index is 0.183. The van der Waals surface area contributed by atoms with Crippen LogP contribution in [-0.2, 0) is 5.33 Å². The smallest absolute Gasteiger partial charge is 0.254 e. The zero-order chi connectivity index (χ0) is 10.7. The Morgan fingerprint density at radius 3 is 2.60 bits per heavy atom. The van der Waals surface area contributed by atoms with Crippen molar-refractivity contribution in [1.29, 1.82) is 0 Å². The fourth-order valence-electron chi connectivity index (χ4n) is 1.94. The SMILES string of the molecule is O=C(c1ccccc1CBr)N1CCCC1. The molecule has 0 aromatic heterocycles. The number of rotatable bonds is 2. The lowest BCUT2D eigenvalue weighted by molar-refractivity contribution is 0.0792. The Morgan fingerprint density at radius 1 is 1.27 bits per heavy atom. The summed E-state index contributed by atoms with van der Waals surface area (Å²) in [4.78, 5) is 14.1. The summed E-state index contributed by atoms with van der Waals surface area (Å²) in [5.41, 5.74) is 1.92. The van der Waals surface area contributed by atoms with Gasteiger partial charge in [-0.2, -0.15) is 0 Å². The number of alkyl halides is 1. The Kier molecular flexibility index (Phi) is 3.41. The first-order valence-electron chi connectivity index (χ1n) is 5.26. The van der Waals surface area contributed by atoms with Gasteiger partial charge in [0, 0.05) is 24.0 Å². The zero-order valence-electron chi connectivity index (χ0n) is 8.58. The second-order valence-electron chi connectivity index (χ2n) is 3.79. The molecular weight excluding hydrogens is 254 g/mol. The van der Waals surface area contributed by atoms with Gasteiger partial charge < -0.3 is 4.90 Å². The Labute approximate surface area is 98.4 Å². The molecule has 0 N–H and O–H groups in total. The minimum Gasteiger partial charge on any atom is -0.339 e. The molecule has 1 aliphatic rings. The quantitative estimate of drug-likeness (QED) is 0.755. The second-order valence-corrected chi connectivity index (χ2v) is 4.35. The molecule has 0 aliphatic carbocycles. The van der Waals surface area contributed by atoms with Crippen LogP contribution in [-0.4, -0.2) is 23.9 Å². The van der Waals surface area contributed by atoms with E-state index in [0.717, 1.165) is 42.4 Å². The molecule has 1 amide bonds. The molecule has 1 aromatic rings. The summed E-state index contributed by atoms with van der Waals surface area (Å²) in [6, 6.07) is 7.81. The maximum absolute atomic E-state index is 12.1. The van der Waals surface area contributed by atoms with Gasteiger partial charge >= 0.3 is 0 Å². The largest absolute Gasteiger partial charge is 0.339 e. The van der Waals surface area contributed by atoms with Crippen LogP contribution in [0.25, 0.3) is 0 Å². The van der Waals surface area contributed by atoms with E-state index in [4.69, 9.17) is 0 Å². The highest BCUT2D eigenvalue weighted by molar-refractivity contribution is 9.08. The van der Waals surface area contributed by atoms with E-state index in [0.29, 0.717) is 0 Å². The van der Waals surface area contributed by atoms with E-state index in [1.54, 1.807) is 0 Å². The highest BCUT2D eigenvalue weighted by Gasteiger charge is 2.20. The lowest BCUT2D eigenvalue weighted by Crippen LogP contribution is -2.28. The number of nitrogens with zero attached hydrogens (tertiary/aromatic N) is 1. The maximum Gasteiger partial charge on any atom is 0.254 e. The van der Waals surface area contributed by atoms with E-state index in [9.17, 15) is 4.79 Å². The average molecular weight is 268 g/mol. The van der Waals surface area contributed by atoms with Crippen molar-refractivity contribution in [2.45, 2.75) is 18.2 Å². The Bertz CT molecular complexity index is 358. The molecule has 15 heavy (non-hydrogen) atoms. The average Bonchev–Trinajstić information content (AvgIpc) is 2.81. The van der Waals surface area contributed by atoms with Gasteiger partial charge in [0.15, 0.2) is 0 Å². The number of hydrogen-bond donors (Lipinski definition) is 0. The summed E-state index contributed by atoms with van der Waals surface area (Å²) in [6.07, 6.45) is 2.28. The van der Waals surface area contributed by atoms with Crippen molar-refractivity contribution in [3.63, 3.8) is 0 Å². The van der Waals surface area contributed by atoms with E-state index < -0.39 is 0 Å². The summed E-state index contributed by atoms with van der Waals surface area (Å²) in [5.74, 6) is 0.183. The van der Waals surface area contributed by atoms with Crippen LogP contribution in [0.2, 0.25) is 0 Å². The van der Waals surface area contributed by atoms with Crippen molar-refractivity contribution in [3.8, 4) is 0 Å². The molecule has 1 saturated heterocycles. The Morgan fingerprint density at radius 2 is 1.93 bits per heavy atom. The van der Waals surface area contributed by atoms with Crippen molar-refractivity contribution in [3.05, 3.63) is 35.4 Å². The van der Waals surface area contributed by atoms with Crippen molar-refractivity contribution in [2.24, 2.45) is 0 Å². The molecule has 2 rings (SSSR count). The molecular formula is C12H14BrNO. The van der Waals surface area contributed by atoms with Crippen LogP contribution < -0.4 is 0 Å². The van der Waals surface area contributed by atoms with E-state index in [-0.39, 0.29) is 5.91 Å². The number of carbonyl (C=O) groups is 1. The van der Waals surface area contributed by atoms with E-state index in [1.165, 1.54) is 0 Å². The fraction of sp³-hybridized carbons (Fsp3) is 0.417. The number of amides is 1. The molecule has 2 nitrogen and oxygen atoms in total. The lowest BCUT2D eigenvalue weighted by Gasteiger charge is -2.16. The van der Waals surface area contributed by atoms with Crippen LogP contribution in [0.1, 0.15) is 28.8 Å². The van der Waals surface area contributed by atoms with E-state index in [2.05, 4.69) is 15.9 Å². The topological polar surface area (TPSA) is 20.3 Å². The molecule has 3 heteroatoms. The minimum atomic E-state index is 0.183. The molecule has 0 spiro atoms. The first-order chi connectivity index (χ1) is 7.33. The van der Waals surface area contributed by atoms with Crippen LogP contribution in [0, 0.1) is 0 Å². The molecule has 0 atom stereocenters. The molecule has 0 radical (unpaired) electrons. The normalized spacial score (nSPS) is 15.7. The lowest BCUT2D eigenvalue weighted by atomic mass is 10.1. The van der Waals surface area contributed by atoms with Gasteiger partial charge in [-0.15, -0.1) is 0 Å². The van der Waals surface area contributed by atoms with Crippen LogP contribution in [0.5, 0.6) is 0 Å². The summed E-state index contributed by atoms with van der Waals surface area (Å²) < 4.78 is 0. The highest BCUT2D eigenvalue weighted by atomic mass is 79.9. The van der Waals surface area contributed by atoms with Gasteiger partial charge in [-0.25, -0.2) is 0 Å². The molecule has 0 unspecified atom stereocenters. The van der Waals surface area contributed by atoms with Crippen molar-refractivity contribution in [2.75, 3.05) is 13.1 Å². The third kappa shape index (κ3) is 2.23. The number of benzene rings is 1. The molecule has 1 aromatic carbocycles. The van der Waals surface area contributed by atoms with Gasteiger partial charge in [-0.3, -0.25) is 4.79 Å². The predicted octanol–water partition coefficient (Wildman–Crippen LogP) is 2.82. The van der Waals surface area contributed by atoms with Crippen LogP contribution in [0.15, 0.2) is 24.3 Å². The maximum atomic E-state index is 12.1. The zero-order valence-corrected chi connectivity index (χ0v) is 10.2. The molecule has 0 bridgehead atoms. The van der Waals surface area contributed by atoms with Gasteiger partial charge in [-0.1, -0.05) is 34.1 Å². The van der Waals surface area contributed by atoms with Gasteiger partial charge in [0.2, 0.25) is 0 Å². The first-order valence-corrected chi connectivity index (χ1v) is 6.38. The van der Waals surface area contributed by atoms with Crippen molar-refractivity contribution >= 4 is 21.8 Å². The number of likely N-dealkylation sites (tertiary alicyclic amines) is 1. The van der Waals surface area contributed by atoms with Gasteiger partial charge in [-0.05, 0) is 24.5 Å². The van der Waals surface area contributed by atoms with Gasteiger partial charge in [0.05, 0.1) is 0 Å². The Balaban J connectivity index is 2.24. The van der Waals surface area contributed by atoms with Crippen LogP contribution >= 0.6 is 15.9 Å². The number of hydrogen-bond acceptors (Lipinski definition) is 1. The van der Waals surface area contributed by atoms with Crippen LogP contribution in [0.3, 0.4) is 0 Å². The molecule has 0 saturated carbocycles. The Hall–Kier alpha value is -0.830. The van der Waals surface area contributed by atoms with E-state index in [1.807, 2.05) is 29.2 Å².